The van der Waals surface area contributed by atoms with Crippen molar-refractivity contribution < 1.29 is 9.84 Å². The van der Waals surface area contributed by atoms with E-state index in [4.69, 9.17) is 4.74 Å². The number of aliphatic hydroxyl groups excluding tert-OH is 1. The Hall–Kier alpha value is -0.860. The zero-order valence-corrected chi connectivity index (χ0v) is 8.44. The lowest BCUT2D eigenvalue weighted by Gasteiger charge is -2.28. The highest BCUT2D eigenvalue weighted by molar-refractivity contribution is 5.26. The molecule has 1 N–H and O–H groups in total. The molecular formula is C12H16O2. The van der Waals surface area contributed by atoms with Gasteiger partial charge in [0.05, 0.1) is 12.7 Å². The minimum atomic E-state index is -0.426. The fourth-order valence-corrected chi connectivity index (χ4v) is 2.24. The van der Waals surface area contributed by atoms with E-state index in [0.29, 0.717) is 12.5 Å². The summed E-state index contributed by atoms with van der Waals surface area (Å²) in [6.07, 6.45) is 6.42. The average molecular weight is 192 g/mol. The summed E-state index contributed by atoms with van der Waals surface area (Å²) in [7, 11) is 0. The third-order valence-electron chi connectivity index (χ3n) is 3.12. The van der Waals surface area contributed by atoms with Crippen molar-refractivity contribution in [1.29, 1.82) is 0 Å². The van der Waals surface area contributed by atoms with E-state index < -0.39 is 6.10 Å². The molecule has 0 aromatic rings. The lowest BCUT2D eigenvalue weighted by Crippen LogP contribution is -2.35. The van der Waals surface area contributed by atoms with Crippen molar-refractivity contribution in [3.05, 3.63) is 36.0 Å². The Morgan fingerprint density at radius 2 is 2.43 bits per heavy atom. The van der Waals surface area contributed by atoms with Crippen LogP contribution in [0.3, 0.4) is 0 Å². The van der Waals surface area contributed by atoms with Crippen molar-refractivity contribution in [2.24, 2.45) is 5.92 Å². The zero-order chi connectivity index (χ0) is 10.1. The molecule has 0 radical (unpaired) electrons. The first-order valence-corrected chi connectivity index (χ1v) is 5.02. The second-order valence-electron chi connectivity index (χ2n) is 3.99. The Morgan fingerprint density at radius 1 is 1.64 bits per heavy atom. The number of allylic oxidation sites excluding steroid dienone is 3. The van der Waals surface area contributed by atoms with Gasteiger partial charge in [0.1, 0.15) is 6.10 Å². The summed E-state index contributed by atoms with van der Waals surface area (Å²) < 4.78 is 5.60. The van der Waals surface area contributed by atoms with E-state index in [9.17, 15) is 5.11 Å². The van der Waals surface area contributed by atoms with Gasteiger partial charge in [-0.05, 0) is 24.5 Å². The molecule has 3 atom stereocenters. The molecule has 0 saturated carbocycles. The highest BCUT2D eigenvalue weighted by Gasteiger charge is 2.39. The molecule has 2 heteroatoms. The fraction of sp³-hybridized carbons (Fsp3) is 0.500. The molecule has 2 aliphatic rings. The van der Waals surface area contributed by atoms with Crippen LogP contribution >= 0.6 is 0 Å². The minimum Gasteiger partial charge on any atom is -0.386 e. The molecule has 0 amide bonds. The predicted octanol–water partition coefficient (Wildman–Crippen LogP) is 1.82. The van der Waals surface area contributed by atoms with Gasteiger partial charge in [0.25, 0.3) is 0 Å². The summed E-state index contributed by atoms with van der Waals surface area (Å²) >= 11 is 0. The highest BCUT2D eigenvalue weighted by Crippen LogP contribution is 2.37. The summed E-state index contributed by atoms with van der Waals surface area (Å²) in [5, 5.41) is 9.89. The average Bonchev–Trinajstić information content (AvgIpc) is 2.57. The number of hydrogen-bond donors (Lipinski definition) is 1. The Morgan fingerprint density at radius 3 is 3.14 bits per heavy atom. The molecule has 1 heterocycles. The van der Waals surface area contributed by atoms with Crippen LogP contribution in [0.2, 0.25) is 0 Å². The summed E-state index contributed by atoms with van der Waals surface area (Å²) in [5.41, 5.74) is 2.29. The molecule has 0 spiro atoms. The van der Waals surface area contributed by atoms with Crippen molar-refractivity contribution in [2.75, 3.05) is 6.61 Å². The molecule has 1 saturated heterocycles. The first-order valence-electron chi connectivity index (χ1n) is 5.02. The van der Waals surface area contributed by atoms with Gasteiger partial charge in [-0.3, -0.25) is 0 Å². The SMILES string of the molecule is C=C/C=C1\COC2C(O)C(C)=CCC12. The Balaban J connectivity index is 2.23. The van der Waals surface area contributed by atoms with Gasteiger partial charge in [-0.1, -0.05) is 24.8 Å². The summed E-state index contributed by atoms with van der Waals surface area (Å²) in [4.78, 5) is 0. The number of aliphatic hydroxyl groups is 1. The standard InChI is InChI=1S/C12H16O2/c1-3-4-9-7-14-12-10(9)6-5-8(2)11(12)13/h3-5,10-13H,1,6-7H2,2H3/b9-4+. The van der Waals surface area contributed by atoms with Crippen LogP contribution in [0, 0.1) is 5.92 Å². The van der Waals surface area contributed by atoms with Crippen molar-refractivity contribution in [1.82, 2.24) is 0 Å². The number of ether oxygens (including phenoxy) is 1. The summed E-state index contributed by atoms with van der Waals surface area (Å²) in [6.45, 7) is 6.28. The largest absolute Gasteiger partial charge is 0.386 e. The van der Waals surface area contributed by atoms with E-state index in [0.717, 1.165) is 12.0 Å². The lowest BCUT2D eigenvalue weighted by molar-refractivity contribution is -0.00573. The monoisotopic (exact) mass is 192 g/mol. The van der Waals surface area contributed by atoms with Gasteiger partial charge in [0, 0.05) is 5.92 Å². The van der Waals surface area contributed by atoms with Gasteiger partial charge >= 0.3 is 0 Å². The van der Waals surface area contributed by atoms with Crippen molar-refractivity contribution >= 4 is 0 Å². The van der Waals surface area contributed by atoms with Crippen LogP contribution in [-0.4, -0.2) is 23.9 Å². The van der Waals surface area contributed by atoms with E-state index in [-0.39, 0.29) is 6.10 Å². The maximum atomic E-state index is 9.89. The quantitative estimate of drug-likeness (QED) is 0.642. The molecule has 0 aromatic carbocycles. The minimum absolute atomic E-state index is 0.0359. The van der Waals surface area contributed by atoms with Gasteiger partial charge in [-0.25, -0.2) is 0 Å². The van der Waals surface area contributed by atoms with Crippen LogP contribution in [-0.2, 0) is 4.74 Å². The van der Waals surface area contributed by atoms with Gasteiger partial charge < -0.3 is 9.84 Å². The molecule has 3 unspecified atom stereocenters. The van der Waals surface area contributed by atoms with Crippen molar-refractivity contribution in [3.63, 3.8) is 0 Å². The van der Waals surface area contributed by atoms with Gasteiger partial charge in [0.15, 0.2) is 0 Å². The molecule has 0 aromatic heterocycles. The number of hydrogen-bond acceptors (Lipinski definition) is 2. The molecule has 2 rings (SSSR count). The van der Waals surface area contributed by atoms with Gasteiger partial charge in [0.2, 0.25) is 0 Å². The molecule has 1 fully saturated rings. The maximum Gasteiger partial charge on any atom is 0.101 e. The van der Waals surface area contributed by atoms with E-state index in [2.05, 4.69) is 12.7 Å². The maximum absolute atomic E-state index is 9.89. The summed E-state index contributed by atoms with van der Waals surface area (Å²) in [6, 6.07) is 0. The Kier molecular flexibility index (Phi) is 2.57. The van der Waals surface area contributed by atoms with Crippen LogP contribution < -0.4 is 0 Å². The van der Waals surface area contributed by atoms with Crippen LogP contribution in [0.5, 0.6) is 0 Å². The zero-order valence-electron chi connectivity index (χ0n) is 8.44. The Bertz CT molecular complexity index is 301. The van der Waals surface area contributed by atoms with E-state index >= 15 is 0 Å². The molecule has 2 nitrogen and oxygen atoms in total. The second kappa shape index (κ2) is 3.71. The molecule has 1 aliphatic carbocycles. The normalized spacial score (nSPS) is 39.4. The van der Waals surface area contributed by atoms with E-state index in [1.165, 1.54) is 5.57 Å². The smallest absolute Gasteiger partial charge is 0.101 e. The predicted molar refractivity (Wildman–Crippen MR) is 55.9 cm³/mol. The third kappa shape index (κ3) is 1.45. The molecule has 76 valence electrons. The Labute approximate surface area is 84.6 Å². The highest BCUT2D eigenvalue weighted by atomic mass is 16.5. The topological polar surface area (TPSA) is 29.5 Å². The van der Waals surface area contributed by atoms with Crippen LogP contribution in [0.15, 0.2) is 36.0 Å². The van der Waals surface area contributed by atoms with Crippen molar-refractivity contribution in [2.45, 2.75) is 25.6 Å². The van der Waals surface area contributed by atoms with Gasteiger partial charge in [-0.15, -0.1) is 0 Å². The number of rotatable bonds is 1. The first-order chi connectivity index (χ1) is 6.74. The molecule has 14 heavy (non-hydrogen) atoms. The summed E-state index contributed by atoms with van der Waals surface area (Å²) in [5.74, 6) is 0.353. The lowest BCUT2D eigenvalue weighted by atomic mass is 9.82. The molecule has 1 aliphatic heterocycles. The first kappa shape index (κ1) is 9.69. The van der Waals surface area contributed by atoms with Crippen LogP contribution in [0.4, 0.5) is 0 Å². The van der Waals surface area contributed by atoms with Crippen molar-refractivity contribution in [3.8, 4) is 0 Å². The third-order valence-corrected chi connectivity index (χ3v) is 3.12. The molecular weight excluding hydrogens is 176 g/mol. The fourth-order valence-electron chi connectivity index (χ4n) is 2.24. The van der Waals surface area contributed by atoms with E-state index in [1.54, 1.807) is 6.08 Å². The van der Waals surface area contributed by atoms with Crippen LogP contribution in [0.25, 0.3) is 0 Å². The number of fused-ring (bicyclic) bond motifs is 1. The van der Waals surface area contributed by atoms with Gasteiger partial charge in [-0.2, -0.15) is 0 Å². The van der Waals surface area contributed by atoms with Crippen LogP contribution in [0.1, 0.15) is 13.3 Å². The second-order valence-corrected chi connectivity index (χ2v) is 3.99. The van der Waals surface area contributed by atoms with E-state index in [1.807, 2.05) is 13.0 Å². The molecule has 0 bridgehead atoms.